The van der Waals surface area contributed by atoms with Crippen molar-refractivity contribution in [3.05, 3.63) is 114 Å². The van der Waals surface area contributed by atoms with E-state index in [9.17, 15) is 14.4 Å². The first kappa shape index (κ1) is 28.3. The summed E-state index contributed by atoms with van der Waals surface area (Å²) in [5.74, 6) is 0.0928. The molecular formula is C33H33ClN4O3. The molecule has 1 atom stereocenters. The Hall–Kier alpha value is -4.23. The summed E-state index contributed by atoms with van der Waals surface area (Å²) in [7, 11) is 0. The van der Waals surface area contributed by atoms with Gasteiger partial charge >= 0.3 is 5.37 Å². The molecule has 0 fully saturated rings. The number of imide groups is 1. The molecule has 0 radical (unpaired) electrons. The van der Waals surface area contributed by atoms with E-state index in [1.54, 1.807) is 29.2 Å². The number of halogens is 1. The molecule has 1 aromatic heterocycles. The fraction of sp³-hybridized carbons (Fsp3) is 0.273. The van der Waals surface area contributed by atoms with Crippen LogP contribution in [0.5, 0.6) is 0 Å². The van der Waals surface area contributed by atoms with Gasteiger partial charge in [0.25, 0.3) is 11.8 Å². The van der Waals surface area contributed by atoms with Crippen molar-refractivity contribution in [2.45, 2.75) is 39.8 Å². The van der Waals surface area contributed by atoms with Gasteiger partial charge in [-0.3, -0.25) is 19.3 Å². The summed E-state index contributed by atoms with van der Waals surface area (Å²) in [5, 5.41) is -0.609. The third-order valence-electron chi connectivity index (χ3n) is 7.33. The van der Waals surface area contributed by atoms with Crippen molar-refractivity contribution >= 4 is 28.8 Å². The first-order chi connectivity index (χ1) is 19.6. The molecule has 3 amide bonds. The summed E-state index contributed by atoms with van der Waals surface area (Å²) in [6.45, 7) is 7.16. The predicted molar refractivity (Wildman–Crippen MR) is 160 cm³/mol. The van der Waals surface area contributed by atoms with Crippen molar-refractivity contribution < 1.29 is 14.4 Å². The van der Waals surface area contributed by atoms with Gasteiger partial charge in [0.05, 0.1) is 22.9 Å². The molecule has 0 aliphatic carbocycles. The number of amides is 3. The number of rotatable bonds is 9. The molecular weight excluding hydrogens is 536 g/mol. The first-order valence-electron chi connectivity index (χ1n) is 13.7. The van der Waals surface area contributed by atoms with Gasteiger partial charge in [-0.15, -0.1) is 0 Å². The van der Waals surface area contributed by atoms with Crippen molar-refractivity contribution in [2.75, 3.05) is 13.1 Å². The highest BCUT2D eigenvalue weighted by atomic mass is 35.5. The molecule has 0 N–H and O–H groups in total. The summed E-state index contributed by atoms with van der Waals surface area (Å²) in [4.78, 5) is 46.7. The van der Waals surface area contributed by atoms with E-state index in [0.717, 1.165) is 22.6 Å². The molecule has 1 aliphatic rings. The van der Waals surface area contributed by atoms with Crippen LogP contribution in [0.1, 0.15) is 65.3 Å². The van der Waals surface area contributed by atoms with Crippen molar-refractivity contribution in [3.63, 3.8) is 0 Å². The summed E-state index contributed by atoms with van der Waals surface area (Å²) in [5.41, 5.74) is 3.26. The standard InChI is InChI=1S/C33H33ClN4O3/c1-33(2,3)28(37(32(34)41)19-12-20-38-30(39)25-17-10-11-18-26(25)31(38)40)29-35-27(24-15-8-5-9-16-24)22-36(29)21-23-13-6-4-7-14-23/h4-11,13-18,22,28H,12,19-21H2,1-3H3/t28-/m0/s1. The van der Waals surface area contributed by atoms with Crippen LogP contribution in [0.2, 0.25) is 0 Å². The number of aromatic nitrogens is 2. The summed E-state index contributed by atoms with van der Waals surface area (Å²) >= 11 is 6.26. The lowest BCUT2D eigenvalue weighted by molar-refractivity contribution is 0.0640. The van der Waals surface area contributed by atoms with E-state index < -0.39 is 16.8 Å². The van der Waals surface area contributed by atoms with Crippen molar-refractivity contribution in [2.24, 2.45) is 5.41 Å². The number of nitrogens with zero attached hydrogens (tertiary/aromatic N) is 4. The fourth-order valence-electron chi connectivity index (χ4n) is 5.46. The molecule has 3 aromatic carbocycles. The van der Waals surface area contributed by atoms with Crippen LogP contribution in [0.15, 0.2) is 91.1 Å². The van der Waals surface area contributed by atoms with Crippen LogP contribution in [-0.4, -0.2) is 49.6 Å². The zero-order chi connectivity index (χ0) is 29.1. The van der Waals surface area contributed by atoms with E-state index in [4.69, 9.17) is 16.6 Å². The van der Waals surface area contributed by atoms with Gasteiger partial charge in [0, 0.05) is 31.4 Å². The minimum absolute atomic E-state index is 0.178. The van der Waals surface area contributed by atoms with Gasteiger partial charge in [-0.1, -0.05) is 93.6 Å². The minimum Gasteiger partial charge on any atom is -0.328 e. The lowest BCUT2D eigenvalue weighted by Gasteiger charge is -2.39. The highest BCUT2D eigenvalue weighted by Crippen LogP contribution is 2.40. The molecule has 0 saturated heterocycles. The van der Waals surface area contributed by atoms with Crippen LogP contribution in [0, 0.1) is 5.41 Å². The normalized spacial score (nSPS) is 13.8. The second kappa shape index (κ2) is 11.7. The largest absolute Gasteiger partial charge is 0.328 e. The zero-order valence-corrected chi connectivity index (χ0v) is 24.2. The van der Waals surface area contributed by atoms with E-state index >= 15 is 0 Å². The van der Waals surface area contributed by atoms with Crippen LogP contribution in [-0.2, 0) is 6.54 Å². The molecule has 0 bridgehead atoms. The molecule has 0 spiro atoms. The van der Waals surface area contributed by atoms with Crippen LogP contribution >= 0.6 is 11.6 Å². The smallest absolute Gasteiger partial charge is 0.317 e. The second-order valence-corrected chi connectivity index (χ2v) is 11.7. The Kier molecular flexibility index (Phi) is 8.08. The molecule has 8 heteroatoms. The highest BCUT2D eigenvalue weighted by Gasteiger charge is 2.39. The highest BCUT2D eigenvalue weighted by molar-refractivity contribution is 6.62. The third kappa shape index (κ3) is 5.95. The quantitative estimate of drug-likeness (QED) is 0.123. The van der Waals surface area contributed by atoms with Gasteiger partial charge in [-0.25, -0.2) is 4.98 Å². The Labute approximate surface area is 245 Å². The first-order valence-corrected chi connectivity index (χ1v) is 14.1. The Morgan fingerprint density at radius 1 is 0.878 bits per heavy atom. The number of imidazole rings is 1. The average molecular weight is 569 g/mol. The molecule has 41 heavy (non-hydrogen) atoms. The Morgan fingerprint density at radius 2 is 1.44 bits per heavy atom. The number of carbonyl (C=O) groups excluding carboxylic acids is 3. The van der Waals surface area contributed by atoms with E-state index in [-0.39, 0.29) is 24.9 Å². The molecule has 210 valence electrons. The average Bonchev–Trinajstić information content (AvgIpc) is 3.47. The minimum atomic E-state index is -0.609. The molecule has 5 rings (SSSR count). The van der Waals surface area contributed by atoms with Crippen LogP contribution in [0.3, 0.4) is 0 Å². The number of fused-ring (bicyclic) bond motifs is 1. The number of carbonyl (C=O) groups is 3. The second-order valence-electron chi connectivity index (χ2n) is 11.3. The topological polar surface area (TPSA) is 75.5 Å². The lowest BCUT2D eigenvalue weighted by Crippen LogP contribution is -2.42. The molecule has 1 aliphatic heterocycles. The van der Waals surface area contributed by atoms with Crippen molar-refractivity contribution in [1.82, 2.24) is 19.4 Å². The maximum Gasteiger partial charge on any atom is 0.317 e. The van der Waals surface area contributed by atoms with E-state index in [1.807, 2.05) is 54.7 Å². The van der Waals surface area contributed by atoms with Crippen LogP contribution in [0.4, 0.5) is 4.79 Å². The van der Waals surface area contributed by atoms with Gasteiger partial charge in [0.15, 0.2) is 0 Å². The fourth-order valence-corrected chi connectivity index (χ4v) is 5.64. The Balaban J connectivity index is 1.45. The molecule has 0 unspecified atom stereocenters. The molecule has 0 saturated carbocycles. The van der Waals surface area contributed by atoms with E-state index in [1.165, 1.54) is 4.90 Å². The molecule has 7 nitrogen and oxygen atoms in total. The lowest BCUT2D eigenvalue weighted by atomic mass is 9.85. The zero-order valence-electron chi connectivity index (χ0n) is 23.5. The summed E-state index contributed by atoms with van der Waals surface area (Å²) < 4.78 is 2.09. The van der Waals surface area contributed by atoms with Crippen LogP contribution in [0.25, 0.3) is 11.3 Å². The van der Waals surface area contributed by atoms with Crippen molar-refractivity contribution in [3.8, 4) is 11.3 Å². The number of benzene rings is 3. The molecule has 2 heterocycles. The summed E-state index contributed by atoms with van der Waals surface area (Å²) in [6.07, 6.45) is 2.40. The van der Waals surface area contributed by atoms with E-state index in [0.29, 0.717) is 24.1 Å². The SMILES string of the molecule is CC(C)(C)[C@H](c1nc(-c2ccccc2)cn1Cc1ccccc1)N(CCCN1C(=O)c2ccccc2C1=O)C(=O)Cl. The summed E-state index contributed by atoms with van der Waals surface area (Å²) in [6, 6.07) is 26.4. The van der Waals surface area contributed by atoms with Gasteiger partial charge in [0.1, 0.15) is 5.82 Å². The predicted octanol–water partition coefficient (Wildman–Crippen LogP) is 7.03. The molecule has 4 aromatic rings. The van der Waals surface area contributed by atoms with Gasteiger partial charge < -0.3 is 9.47 Å². The Bertz CT molecular complexity index is 1530. The maximum atomic E-state index is 13.0. The van der Waals surface area contributed by atoms with Gasteiger partial charge in [-0.05, 0) is 41.1 Å². The third-order valence-corrected chi connectivity index (χ3v) is 7.55. The monoisotopic (exact) mass is 568 g/mol. The van der Waals surface area contributed by atoms with Crippen molar-refractivity contribution in [1.29, 1.82) is 0 Å². The van der Waals surface area contributed by atoms with E-state index in [2.05, 4.69) is 37.5 Å². The van der Waals surface area contributed by atoms with Gasteiger partial charge in [0.2, 0.25) is 0 Å². The Morgan fingerprint density at radius 3 is 2.00 bits per heavy atom. The van der Waals surface area contributed by atoms with Gasteiger partial charge in [-0.2, -0.15) is 0 Å². The van der Waals surface area contributed by atoms with Crippen LogP contribution < -0.4 is 0 Å². The number of hydrogen-bond acceptors (Lipinski definition) is 4. The number of hydrogen-bond donors (Lipinski definition) is 0. The maximum absolute atomic E-state index is 13.0.